The third kappa shape index (κ3) is 3.95. The minimum Gasteiger partial charge on any atom is -0.496 e. The molecule has 110 valence electrons. The molecule has 0 amide bonds. The van der Waals surface area contributed by atoms with E-state index in [-0.39, 0.29) is 11.7 Å². The van der Waals surface area contributed by atoms with Crippen LogP contribution >= 0.6 is 0 Å². The molecule has 2 rings (SSSR count). The highest BCUT2D eigenvalue weighted by molar-refractivity contribution is 5.49. The molecule has 0 saturated carbocycles. The summed E-state index contributed by atoms with van der Waals surface area (Å²) >= 11 is 0. The number of hydrogen-bond donors (Lipinski definition) is 1. The van der Waals surface area contributed by atoms with Crippen LogP contribution in [0.25, 0.3) is 0 Å². The van der Waals surface area contributed by atoms with Crippen LogP contribution in [0, 0.1) is 10.1 Å². The van der Waals surface area contributed by atoms with Gasteiger partial charge in [-0.1, -0.05) is 18.2 Å². The number of nitrogens with one attached hydrogen (secondary N) is 1. The van der Waals surface area contributed by atoms with Crippen molar-refractivity contribution in [2.45, 2.75) is 19.4 Å². The van der Waals surface area contributed by atoms with Crippen molar-refractivity contribution in [3.63, 3.8) is 0 Å². The van der Waals surface area contributed by atoms with Crippen LogP contribution in [-0.2, 0) is 6.42 Å². The maximum atomic E-state index is 10.6. The molecule has 5 nitrogen and oxygen atoms in total. The molecule has 0 spiro atoms. The average Bonchev–Trinajstić information content (AvgIpc) is 2.48. The highest BCUT2D eigenvalue weighted by atomic mass is 16.6. The van der Waals surface area contributed by atoms with Crippen molar-refractivity contribution in [1.82, 2.24) is 0 Å². The second-order valence-electron chi connectivity index (χ2n) is 4.87. The molecular weight excluding hydrogens is 268 g/mol. The van der Waals surface area contributed by atoms with E-state index in [9.17, 15) is 10.1 Å². The molecule has 0 heterocycles. The smallest absolute Gasteiger partial charge is 0.269 e. The summed E-state index contributed by atoms with van der Waals surface area (Å²) in [5.41, 5.74) is 2.09. The van der Waals surface area contributed by atoms with Gasteiger partial charge in [0.1, 0.15) is 5.75 Å². The number of rotatable bonds is 6. The number of nitrogens with zero attached hydrogens (tertiary/aromatic N) is 1. The van der Waals surface area contributed by atoms with Gasteiger partial charge in [0.2, 0.25) is 0 Å². The van der Waals surface area contributed by atoms with Crippen LogP contribution in [0.1, 0.15) is 12.5 Å². The Morgan fingerprint density at radius 1 is 1.19 bits per heavy atom. The molecule has 0 bridgehead atoms. The van der Waals surface area contributed by atoms with Gasteiger partial charge < -0.3 is 10.1 Å². The quantitative estimate of drug-likeness (QED) is 0.650. The van der Waals surface area contributed by atoms with Crippen molar-refractivity contribution >= 4 is 11.4 Å². The van der Waals surface area contributed by atoms with E-state index < -0.39 is 4.92 Å². The van der Waals surface area contributed by atoms with Crippen LogP contribution in [0.2, 0.25) is 0 Å². The molecule has 1 unspecified atom stereocenters. The molecule has 0 aromatic heterocycles. The fourth-order valence-electron chi connectivity index (χ4n) is 2.22. The van der Waals surface area contributed by atoms with E-state index in [1.165, 1.54) is 12.1 Å². The molecule has 0 aliphatic rings. The minimum absolute atomic E-state index is 0.0953. The molecule has 5 heteroatoms. The summed E-state index contributed by atoms with van der Waals surface area (Å²) in [5.74, 6) is 0.870. The molecule has 0 fully saturated rings. The first kappa shape index (κ1) is 14.8. The maximum absolute atomic E-state index is 10.6. The fourth-order valence-corrected chi connectivity index (χ4v) is 2.22. The standard InChI is InChI=1S/C16H18N2O3/c1-12(11-13-5-3-4-6-16(13)21-2)17-14-7-9-15(10-8-14)18(19)20/h3-10,12,17H,11H2,1-2H3. The molecule has 0 saturated heterocycles. The number of methoxy groups -OCH3 is 1. The van der Waals surface area contributed by atoms with E-state index >= 15 is 0 Å². The Morgan fingerprint density at radius 3 is 2.48 bits per heavy atom. The average molecular weight is 286 g/mol. The summed E-state index contributed by atoms with van der Waals surface area (Å²) in [7, 11) is 1.66. The summed E-state index contributed by atoms with van der Waals surface area (Å²) < 4.78 is 5.34. The Kier molecular flexibility index (Phi) is 4.77. The molecule has 2 aromatic carbocycles. The second kappa shape index (κ2) is 6.74. The summed E-state index contributed by atoms with van der Waals surface area (Å²) in [5, 5.41) is 13.9. The fraction of sp³-hybridized carbons (Fsp3) is 0.250. The number of anilines is 1. The largest absolute Gasteiger partial charge is 0.496 e. The number of nitro benzene ring substituents is 1. The predicted octanol–water partition coefficient (Wildman–Crippen LogP) is 3.65. The predicted molar refractivity (Wildman–Crippen MR) is 82.9 cm³/mol. The topological polar surface area (TPSA) is 64.4 Å². The van der Waals surface area contributed by atoms with Crippen molar-refractivity contribution < 1.29 is 9.66 Å². The van der Waals surface area contributed by atoms with Gasteiger partial charge in [0, 0.05) is 23.9 Å². The van der Waals surface area contributed by atoms with E-state index in [2.05, 4.69) is 12.2 Å². The maximum Gasteiger partial charge on any atom is 0.269 e. The zero-order valence-electron chi connectivity index (χ0n) is 12.1. The van der Waals surface area contributed by atoms with Gasteiger partial charge in [-0.05, 0) is 37.1 Å². The zero-order valence-corrected chi connectivity index (χ0v) is 12.1. The third-order valence-electron chi connectivity index (χ3n) is 3.21. The number of hydrogen-bond acceptors (Lipinski definition) is 4. The van der Waals surface area contributed by atoms with Crippen LogP contribution in [0.15, 0.2) is 48.5 Å². The normalized spacial score (nSPS) is 11.7. The number of para-hydroxylation sites is 1. The Morgan fingerprint density at radius 2 is 1.86 bits per heavy atom. The highest BCUT2D eigenvalue weighted by Crippen LogP contribution is 2.21. The van der Waals surface area contributed by atoms with Gasteiger partial charge in [-0.3, -0.25) is 10.1 Å². The van der Waals surface area contributed by atoms with Gasteiger partial charge in [-0.25, -0.2) is 0 Å². The number of benzene rings is 2. The molecular formula is C16H18N2O3. The van der Waals surface area contributed by atoms with Crippen LogP contribution < -0.4 is 10.1 Å². The summed E-state index contributed by atoms with van der Waals surface area (Å²) in [6, 6.07) is 14.5. The SMILES string of the molecule is COc1ccccc1CC(C)Nc1ccc([N+](=O)[O-])cc1. The van der Waals surface area contributed by atoms with Crippen molar-refractivity contribution in [3.8, 4) is 5.75 Å². The van der Waals surface area contributed by atoms with Gasteiger partial charge in [0.15, 0.2) is 0 Å². The van der Waals surface area contributed by atoms with Crippen LogP contribution in [0.4, 0.5) is 11.4 Å². The lowest BCUT2D eigenvalue weighted by Gasteiger charge is -2.17. The van der Waals surface area contributed by atoms with E-state index in [1.54, 1.807) is 19.2 Å². The van der Waals surface area contributed by atoms with Crippen molar-refractivity contribution in [2.24, 2.45) is 0 Å². The second-order valence-corrected chi connectivity index (χ2v) is 4.87. The lowest BCUT2D eigenvalue weighted by Crippen LogP contribution is -2.18. The first-order valence-electron chi connectivity index (χ1n) is 6.73. The summed E-state index contributed by atoms with van der Waals surface area (Å²) in [4.78, 5) is 10.2. The van der Waals surface area contributed by atoms with Crippen molar-refractivity contribution in [1.29, 1.82) is 0 Å². The third-order valence-corrected chi connectivity index (χ3v) is 3.21. The van der Waals surface area contributed by atoms with Gasteiger partial charge >= 0.3 is 0 Å². The Labute approximate surface area is 123 Å². The van der Waals surface area contributed by atoms with Gasteiger partial charge in [0.05, 0.1) is 12.0 Å². The molecule has 0 radical (unpaired) electrons. The molecule has 0 aliphatic carbocycles. The molecule has 2 aromatic rings. The van der Waals surface area contributed by atoms with Crippen molar-refractivity contribution in [2.75, 3.05) is 12.4 Å². The Bertz CT molecular complexity index is 611. The first-order chi connectivity index (χ1) is 10.1. The van der Waals surface area contributed by atoms with Crippen LogP contribution in [0.3, 0.4) is 0 Å². The van der Waals surface area contributed by atoms with Gasteiger partial charge in [0.25, 0.3) is 5.69 Å². The first-order valence-corrected chi connectivity index (χ1v) is 6.73. The molecule has 21 heavy (non-hydrogen) atoms. The summed E-state index contributed by atoms with van der Waals surface area (Å²) in [6.45, 7) is 2.06. The van der Waals surface area contributed by atoms with E-state index in [0.717, 1.165) is 23.4 Å². The van der Waals surface area contributed by atoms with Crippen LogP contribution in [0.5, 0.6) is 5.75 Å². The molecule has 1 atom stereocenters. The highest BCUT2D eigenvalue weighted by Gasteiger charge is 2.09. The Hall–Kier alpha value is -2.56. The van der Waals surface area contributed by atoms with Crippen molar-refractivity contribution in [3.05, 3.63) is 64.2 Å². The molecule has 1 N–H and O–H groups in total. The molecule has 0 aliphatic heterocycles. The van der Waals surface area contributed by atoms with E-state index in [1.807, 2.05) is 24.3 Å². The zero-order chi connectivity index (χ0) is 15.2. The monoisotopic (exact) mass is 286 g/mol. The van der Waals surface area contributed by atoms with Crippen LogP contribution in [-0.4, -0.2) is 18.1 Å². The lowest BCUT2D eigenvalue weighted by molar-refractivity contribution is -0.384. The van der Waals surface area contributed by atoms with Gasteiger partial charge in [-0.15, -0.1) is 0 Å². The lowest BCUT2D eigenvalue weighted by atomic mass is 10.1. The number of ether oxygens (including phenoxy) is 1. The number of nitro groups is 1. The summed E-state index contributed by atoms with van der Waals surface area (Å²) in [6.07, 6.45) is 0.807. The van der Waals surface area contributed by atoms with Gasteiger partial charge in [-0.2, -0.15) is 0 Å². The van der Waals surface area contributed by atoms with E-state index in [4.69, 9.17) is 4.74 Å². The number of non-ortho nitro benzene ring substituents is 1. The minimum atomic E-state index is -0.401. The van der Waals surface area contributed by atoms with E-state index in [0.29, 0.717) is 0 Å². The Balaban J connectivity index is 2.01.